The molecule has 42 heavy (non-hydrogen) atoms. The fourth-order valence-electron chi connectivity index (χ4n) is 15.9. The first-order chi connectivity index (χ1) is 20.4. The number of benzene rings is 1. The molecule has 1 aromatic carbocycles. The molecule has 14 rings (SSSR count). The van der Waals surface area contributed by atoms with Gasteiger partial charge in [0.25, 0.3) is 0 Å². The van der Waals surface area contributed by atoms with E-state index < -0.39 is 0 Å². The molecule has 2 nitrogen and oxygen atoms in total. The molecule has 0 N–H and O–H groups in total. The summed E-state index contributed by atoms with van der Waals surface area (Å²) in [6.07, 6.45) is 27.6. The second kappa shape index (κ2) is 8.41. The Bertz CT molecular complexity index is 1190. The average Bonchev–Trinajstić information content (AvgIpc) is 3.77. The minimum Gasteiger partial charge on any atom is -0.488 e. The van der Waals surface area contributed by atoms with E-state index in [1.807, 2.05) is 11.1 Å². The normalized spacial score (nSPS) is 54.5. The molecule has 12 aliphatic carbocycles. The Morgan fingerprint density at radius 2 is 0.833 bits per heavy atom. The van der Waals surface area contributed by atoms with Crippen LogP contribution in [0.25, 0.3) is 0 Å². The fourth-order valence-corrected chi connectivity index (χ4v) is 15.9. The lowest BCUT2D eigenvalue weighted by Gasteiger charge is -2.61. The van der Waals surface area contributed by atoms with Crippen LogP contribution in [0.1, 0.15) is 139 Å². The molecule has 2 heteroatoms. The number of hydrogen-bond donors (Lipinski definition) is 0. The Kier molecular flexibility index (Phi) is 5.05. The molecule has 12 saturated carbocycles. The molecule has 0 aromatic heterocycles. The highest BCUT2D eigenvalue weighted by molar-refractivity contribution is 5.54. The monoisotopic (exact) mass is 566 g/mol. The Labute approximate surface area is 254 Å². The molecule has 1 heterocycles. The smallest absolute Gasteiger partial charge is 0.124 e. The van der Waals surface area contributed by atoms with Crippen molar-refractivity contribution in [3.63, 3.8) is 0 Å². The Balaban J connectivity index is 1.12. The zero-order chi connectivity index (χ0) is 27.4. The van der Waals surface area contributed by atoms with Crippen LogP contribution in [-0.2, 0) is 21.0 Å². The van der Waals surface area contributed by atoms with Gasteiger partial charge in [-0.1, -0.05) is 6.07 Å². The van der Waals surface area contributed by atoms with Crippen LogP contribution >= 0.6 is 0 Å². The van der Waals surface area contributed by atoms with Gasteiger partial charge in [0, 0.05) is 5.56 Å². The summed E-state index contributed by atoms with van der Waals surface area (Å²) in [6.45, 7) is 3.19. The third-order valence-corrected chi connectivity index (χ3v) is 16.1. The highest BCUT2D eigenvalue weighted by atomic mass is 16.6. The van der Waals surface area contributed by atoms with Crippen LogP contribution in [0.2, 0.25) is 0 Å². The van der Waals surface area contributed by atoms with E-state index in [0.717, 1.165) is 59.9 Å². The van der Waals surface area contributed by atoms with Crippen molar-refractivity contribution in [1.82, 2.24) is 0 Å². The van der Waals surface area contributed by atoms with Gasteiger partial charge in [-0.05, 0) is 209 Å². The van der Waals surface area contributed by atoms with Crippen molar-refractivity contribution in [2.75, 3.05) is 6.61 Å². The van der Waals surface area contributed by atoms with Gasteiger partial charge in [-0.25, -0.2) is 0 Å². The Morgan fingerprint density at radius 1 is 0.524 bits per heavy atom. The Hall–Kier alpha value is -1.02. The second-order valence-corrected chi connectivity index (χ2v) is 19.2. The van der Waals surface area contributed by atoms with Gasteiger partial charge < -0.3 is 9.47 Å². The standard InChI is InChI=1S/C40H54O2/c1-23(37-22-41-37)42-36-12-34(39-16-27-5-28(17-39)7-29(6-27)18-39)33(38-13-24-2-25(14-38)4-26(3-24)15-38)11-35(36)40-19-30-8-31(20-40)10-32(9-30)21-40/h11-12,23-32,37H,2-10,13-22H2,1H3. The van der Waals surface area contributed by atoms with Crippen molar-refractivity contribution in [1.29, 1.82) is 0 Å². The fraction of sp³-hybridized carbons (Fsp3) is 0.850. The maximum atomic E-state index is 7.21. The van der Waals surface area contributed by atoms with Gasteiger partial charge in [0.2, 0.25) is 0 Å². The molecule has 0 spiro atoms. The van der Waals surface area contributed by atoms with E-state index in [2.05, 4.69) is 19.1 Å². The minimum absolute atomic E-state index is 0.173. The number of epoxide rings is 1. The van der Waals surface area contributed by atoms with E-state index in [-0.39, 0.29) is 6.10 Å². The summed E-state index contributed by atoms with van der Waals surface area (Å²) in [5, 5.41) is 0. The zero-order valence-electron chi connectivity index (χ0n) is 26.3. The van der Waals surface area contributed by atoms with E-state index in [4.69, 9.17) is 9.47 Å². The summed E-state index contributed by atoms with van der Waals surface area (Å²) in [5.41, 5.74) is 6.74. The molecule has 0 radical (unpaired) electrons. The van der Waals surface area contributed by atoms with Gasteiger partial charge in [0.05, 0.1) is 6.61 Å². The highest BCUT2D eigenvalue weighted by Crippen LogP contribution is 2.68. The molecular formula is C40H54O2. The summed E-state index contributed by atoms with van der Waals surface area (Å²) < 4.78 is 13.0. The van der Waals surface area contributed by atoms with Crippen LogP contribution in [-0.4, -0.2) is 18.8 Å². The van der Waals surface area contributed by atoms with E-state index in [0.29, 0.717) is 22.3 Å². The summed E-state index contributed by atoms with van der Waals surface area (Å²) in [5.74, 6) is 10.2. The predicted molar refractivity (Wildman–Crippen MR) is 166 cm³/mol. The Morgan fingerprint density at radius 3 is 1.17 bits per heavy atom. The van der Waals surface area contributed by atoms with Crippen LogP contribution in [0.3, 0.4) is 0 Å². The van der Waals surface area contributed by atoms with Crippen LogP contribution in [0, 0.1) is 53.3 Å². The third-order valence-electron chi connectivity index (χ3n) is 16.1. The van der Waals surface area contributed by atoms with Crippen molar-refractivity contribution in [3.05, 3.63) is 28.8 Å². The molecule has 12 bridgehead atoms. The first-order valence-corrected chi connectivity index (χ1v) is 18.9. The molecule has 1 saturated heterocycles. The molecular weight excluding hydrogens is 512 g/mol. The van der Waals surface area contributed by atoms with Gasteiger partial charge >= 0.3 is 0 Å². The van der Waals surface area contributed by atoms with Gasteiger partial charge in [0.1, 0.15) is 18.0 Å². The van der Waals surface area contributed by atoms with E-state index in [1.54, 1.807) is 24.8 Å². The van der Waals surface area contributed by atoms with Crippen molar-refractivity contribution in [2.45, 2.75) is 151 Å². The lowest BCUT2D eigenvalue weighted by molar-refractivity contribution is -0.0189. The molecule has 1 aromatic rings. The van der Waals surface area contributed by atoms with Crippen LogP contribution in [0.4, 0.5) is 0 Å². The summed E-state index contributed by atoms with van der Waals surface area (Å²) in [6, 6.07) is 5.76. The molecule has 13 fully saturated rings. The van der Waals surface area contributed by atoms with Crippen LogP contribution < -0.4 is 4.74 Å². The number of hydrogen-bond acceptors (Lipinski definition) is 2. The molecule has 226 valence electrons. The molecule has 0 amide bonds. The average molecular weight is 567 g/mol. The van der Waals surface area contributed by atoms with Gasteiger partial charge in [0.15, 0.2) is 0 Å². The van der Waals surface area contributed by atoms with E-state index in [9.17, 15) is 0 Å². The predicted octanol–water partition coefficient (Wildman–Crippen LogP) is 9.26. The van der Waals surface area contributed by atoms with Crippen molar-refractivity contribution in [2.24, 2.45) is 53.3 Å². The highest BCUT2D eigenvalue weighted by Gasteiger charge is 2.59. The molecule has 2 unspecified atom stereocenters. The quantitative estimate of drug-likeness (QED) is 0.320. The maximum Gasteiger partial charge on any atom is 0.124 e. The molecule has 1 aliphatic heterocycles. The van der Waals surface area contributed by atoms with Gasteiger partial charge in [-0.3, -0.25) is 0 Å². The van der Waals surface area contributed by atoms with Crippen molar-refractivity contribution >= 4 is 0 Å². The largest absolute Gasteiger partial charge is 0.488 e. The van der Waals surface area contributed by atoms with Crippen LogP contribution in [0.15, 0.2) is 12.1 Å². The van der Waals surface area contributed by atoms with Crippen LogP contribution in [0.5, 0.6) is 5.75 Å². The first kappa shape index (κ1) is 25.2. The lowest BCUT2D eigenvalue weighted by Crippen LogP contribution is -2.53. The van der Waals surface area contributed by atoms with Gasteiger partial charge in [-0.2, -0.15) is 0 Å². The maximum absolute atomic E-state index is 7.21. The van der Waals surface area contributed by atoms with E-state index in [1.165, 1.54) is 102 Å². The minimum atomic E-state index is 0.173. The third kappa shape index (κ3) is 3.60. The van der Waals surface area contributed by atoms with Crippen molar-refractivity contribution < 1.29 is 9.47 Å². The topological polar surface area (TPSA) is 21.8 Å². The molecule has 13 aliphatic rings. The van der Waals surface area contributed by atoms with E-state index >= 15 is 0 Å². The number of ether oxygens (including phenoxy) is 2. The lowest BCUT2D eigenvalue weighted by atomic mass is 9.43. The SMILES string of the molecule is CC(Oc1cc(C23CC4CC(CC(C4)C2)C3)c(C23CC4CC(CC(C4)C2)C3)cc1C12CC3CC(CC(C3)C1)C2)C1CO1. The second-order valence-electron chi connectivity index (χ2n) is 19.2. The van der Waals surface area contributed by atoms with Crippen molar-refractivity contribution in [3.8, 4) is 5.75 Å². The van der Waals surface area contributed by atoms with Gasteiger partial charge in [-0.15, -0.1) is 0 Å². The first-order valence-electron chi connectivity index (χ1n) is 18.9. The summed E-state index contributed by atoms with van der Waals surface area (Å²) >= 11 is 0. The number of rotatable bonds is 6. The molecule has 2 atom stereocenters. The zero-order valence-corrected chi connectivity index (χ0v) is 26.3. The summed E-state index contributed by atoms with van der Waals surface area (Å²) in [7, 11) is 0. The summed E-state index contributed by atoms with van der Waals surface area (Å²) in [4.78, 5) is 0.